The number of aromatic hydroxyl groups is 2. The second-order valence-corrected chi connectivity index (χ2v) is 8.14. The van der Waals surface area contributed by atoms with Crippen molar-refractivity contribution in [3.8, 4) is 11.6 Å². The van der Waals surface area contributed by atoms with Gasteiger partial charge in [-0.2, -0.15) is 0 Å². The molecular formula is C19H14BrN3O4S. The number of thiazole rings is 1. The molecule has 2 aromatic carbocycles. The first-order chi connectivity index (χ1) is 13.3. The Hall–Kier alpha value is -2.91. The number of hydrogen-bond acceptors (Lipinski definition) is 6. The van der Waals surface area contributed by atoms with Gasteiger partial charge in [-0.25, -0.2) is 4.99 Å². The van der Waals surface area contributed by atoms with Crippen LogP contribution in [-0.4, -0.2) is 27.7 Å². The normalized spacial score (nSPS) is 12.8. The maximum absolute atomic E-state index is 12.5. The molecule has 0 fully saturated rings. The van der Waals surface area contributed by atoms with Crippen molar-refractivity contribution in [2.75, 3.05) is 11.9 Å². The summed E-state index contributed by atoms with van der Waals surface area (Å²) < 4.78 is 1.97. The van der Waals surface area contributed by atoms with Crippen molar-refractivity contribution < 1.29 is 15.0 Å². The van der Waals surface area contributed by atoms with Gasteiger partial charge < -0.3 is 15.1 Å². The van der Waals surface area contributed by atoms with E-state index in [4.69, 9.17) is 0 Å². The zero-order chi connectivity index (χ0) is 20.0. The van der Waals surface area contributed by atoms with Crippen LogP contribution in [-0.2, 0) is 11.5 Å². The smallest absolute Gasteiger partial charge is 0.312 e. The lowest BCUT2D eigenvalue weighted by molar-refractivity contribution is -0.112. The first kappa shape index (κ1) is 18.5. The SMILES string of the molecule is CN(Cn1c(O)c(C2=c3cc(Br)ccc3=NC2=O)sc1=O)c1ccc(O)cc1. The van der Waals surface area contributed by atoms with Crippen LogP contribution in [0.5, 0.6) is 11.6 Å². The number of carbonyl (C=O) groups is 1. The van der Waals surface area contributed by atoms with Gasteiger partial charge in [-0.1, -0.05) is 27.3 Å². The Balaban J connectivity index is 1.78. The Labute approximate surface area is 171 Å². The molecule has 28 heavy (non-hydrogen) atoms. The van der Waals surface area contributed by atoms with Gasteiger partial charge in [0.05, 0.1) is 10.9 Å². The average molecular weight is 460 g/mol. The summed E-state index contributed by atoms with van der Waals surface area (Å²) in [5, 5.41) is 21.2. The molecule has 7 nitrogen and oxygen atoms in total. The predicted octanol–water partition coefficient (Wildman–Crippen LogP) is 1.54. The van der Waals surface area contributed by atoms with E-state index >= 15 is 0 Å². The number of aromatic nitrogens is 1. The maximum Gasteiger partial charge on any atom is 0.312 e. The molecule has 142 valence electrons. The number of benzene rings is 2. The van der Waals surface area contributed by atoms with E-state index < -0.39 is 5.91 Å². The molecule has 9 heteroatoms. The number of halogens is 1. The van der Waals surface area contributed by atoms with Crippen molar-refractivity contribution in [1.29, 1.82) is 0 Å². The van der Waals surface area contributed by atoms with Gasteiger partial charge in [0.1, 0.15) is 17.3 Å². The van der Waals surface area contributed by atoms with Crippen molar-refractivity contribution in [2.45, 2.75) is 6.67 Å². The molecule has 0 saturated carbocycles. The molecule has 1 aliphatic heterocycles. The molecule has 4 rings (SSSR count). The number of anilines is 1. The number of phenols is 1. The fourth-order valence-corrected chi connectivity index (χ4v) is 4.28. The average Bonchev–Trinajstić information content (AvgIpc) is 3.11. The minimum atomic E-state index is -0.483. The van der Waals surface area contributed by atoms with E-state index in [0.29, 0.717) is 10.6 Å². The van der Waals surface area contributed by atoms with E-state index in [1.807, 2.05) is 0 Å². The third-order valence-corrected chi connectivity index (χ3v) is 5.88. The van der Waals surface area contributed by atoms with Gasteiger partial charge in [-0.3, -0.25) is 14.2 Å². The van der Waals surface area contributed by atoms with E-state index in [-0.39, 0.29) is 33.6 Å². The quantitative estimate of drug-likeness (QED) is 0.616. The number of phenolic OH excluding ortho intramolecular Hbond substituents is 1. The van der Waals surface area contributed by atoms with Gasteiger partial charge in [0.25, 0.3) is 5.91 Å². The molecule has 1 aromatic heterocycles. The van der Waals surface area contributed by atoms with E-state index in [1.165, 1.54) is 16.7 Å². The van der Waals surface area contributed by atoms with Crippen molar-refractivity contribution in [1.82, 2.24) is 4.57 Å². The number of carbonyl (C=O) groups excluding carboxylic acids is 1. The Morgan fingerprint density at radius 3 is 2.57 bits per heavy atom. The molecule has 1 amide bonds. The third-order valence-electron chi connectivity index (χ3n) is 4.40. The second kappa shape index (κ2) is 6.92. The Morgan fingerprint density at radius 2 is 1.86 bits per heavy atom. The highest BCUT2D eigenvalue weighted by Crippen LogP contribution is 2.29. The third kappa shape index (κ3) is 3.12. The molecule has 0 aliphatic carbocycles. The standard InChI is InChI=1S/C19H14BrN3O4S/c1-22(11-3-5-12(24)6-4-11)9-23-18(26)16(28-19(23)27)15-13-8-10(20)2-7-14(13)21-17(15)25/h2-8,24,26H,9H2,1H3. The molecular weight excluding hydrogens is 446 g/mol. The van der Waals surface area contributed by atoms with Crippen LogP contribution in [0.3, 0.4) is 0 Å². The van der Waals surface area contributed by atoms with Crippen LogP contribution >= 0.6 is 27.3 Å². The van der Waals surface area contributed by atoms with E-state index in [9.17, 15) is 19.8 Å². The summed E-state index contributed by atoms with van der Waals surface area (Å²) >= 11 is 4.18. The summed E-state index contributed by atoms with van der Waals surface area (Å²) in [5.74, 6) is -0.615. The summed E-state index contributed by atoms with van der Waals surface area (Å²) in [6.07, 6.45) is 0. The zero-order valence-corrected chi connectivity index (χ0v) is 17.0. The molecule has 0 saturated heterocycles. The van der Waals surface area contributed by atoms with Crippen molar-refractivity contribution in [3.63, 3.8) is 0 Å². The van der Waals surface area contributed by atoms with Crippen LogP contribution in [0.25, 0.3) is 5.57 Å². The van der Waals surface area contributed by atoms with Crippen LogP contribution < -0.4 is 20.3 Å². The Bertz CT molecular complexity index is 1280. The lowest BCUT2D eigenvalue weighted by atomic mass is 10.1. The van der Waals surface area contributed by atoms with Crippen molar-refractivity contribution in [3.05, 3.63) is 72.1 Å². The highest BCUT2D eigenvalue weighted by atomic mass is 79.9. The molecule has 0 radical (unpaired) electrons. The topological polar surface area (TPSA) is 95.1 Å². The number of rotatable bonds is 4. The van der Waals surface area contributed by atoms with E-state index in [0.717, 1.165) is 21.5 Å². The summed E-state index contributed by atoms with van der Waals surface area (Å²) in [6.45, 7) is 0.0793. The van der Waals surface area contributed by atoms with Gasteiger partial charge in [0.15, 0.2) is 0 Å². The maximum atomic E-state index is 12.5. The molecule has 0 atom stereocenters. The molecule has 0 spiro atoms. The summed E-state index contributed by atoms with van der Waals surface area (Å²) in [5.41, 5.74) is 0.979. The Kier molecular flexibility index (Phi) is 4.56. The molecule has 1 aliphatic rings. The van der Waals surface area contributed by atoms with Crippen LogP contribution in [0.2, 0.25) is 0 Å². The molecule has 3 aromatic rings. The van der Waals surface area contributed by atoms with E-state index in [2.05, 4.69) is 20.9 Å². The zero-order valence-electron chi connectivity index (χ0n) is 14.6. The predicted molar refractivity (Wildman–Crippen MR) is 109 cm³/mol. The molecule has 2 heterocycles. The number of amides is 1. The highest BCUT2D eigenvalue weighted by molar-refractivity contribution is 9.10. The minimum Gasteiger partial charge on any atom is -0.508 e. The van der Waals surface area contributed by atoms with Crippen LogP contribution in [0.15, 0.2) is 56.7 Å². The lowest BCUT2D eigenvalue weighted by Crippen LogP contribution is -2.26. The fourth-order valence-electron chi connectivity index (χ4n) is 2.99. The Morgan fingerprint density at radius 1 is 1.14 bits per heavy atom. The second-order valence-electron chi connectivity index (χ2n) is 6.26. The highest BCUT2D eigenvalue weighted by Gasteiger charge is 2.26. The van der Waals surface area contributed by atoms with Gasteiger partial charge >= 0.3 is 4.87 Å². The molecule has 0 bridgehead atoms. The van der Waals surface area contributed by atoms with Crippen LogP contribution in [0.1, 0.15) is 4.88 Å². The summed E-state index contributed by atoms with van der Waals surface area (Å²) in [4.78, 5) is 30.5. The van der Waals surface area contributed by atoms with Gasteiger partial charge in [0.2, 0.25) is 5.88 Å². The molecule has 0 unspecified atom stereocenters. The lowest BCUT2D eigenvalue weighted by Gasteiger charge is -2.19. The first-order valence-corrected chi connectivity index (χ1v) is 9.82. The number of fused-ring (bicyclic) bond motifs is 1. The summed E-state index contributed by atoms with van der Waals surface area (Å²) in [6, 6.07) is 11.7. The first-order valence-electron chi connectivity index (χ1n) is 8.21. The van der Waals surface area contributed by atoms with Crippen LogP contribution in [0.4, 0.5) is 5.69 Å². The van der Waals surface area contributed by atoms with E-state index in [1.54, 1.807) is 42.3 Å². The monoisotopic (exact) mass is 459 g/mol. The van der Waals surface area contributed by atoms with Gasteiger partial charge in [-0.15, -0.1) is 0 Å². The van der Waals surface area contributed by atoms with Crippen LogP contribution in [0, 0.1) is 0 Å². The van der Waals surface area contributed by atoms with Gasteiger partial charge in [0, 0.05) is 22.4 Å². The van der Waals surface area contributed by atoms with Crippen molar-refractivity contribution >= 4 is 44.4 Å². The molecule has 2 N–H and O–H groups in total. The fraction of sp³-hybridized carbons (Fsp3) is 0.105. The number of hydrogen-bond donors (Lipinski definition) is 2. The number of nitrogens with zero attached hydrogens (tertiary/aromatic N) is 3. The minimum absolute atomic E-state index is 0.0793. The van der Waals surface area contributed by atoms with Gasteiger partial charge in [-0.05, 0) is 42.5 Å². The summed E-state index contributed by atoms with van der Waals surface area (Å²) in [7, 11) is 1.76. The largest absolute Gasteiger partial charge is 0.508 e. The van der Waals surface area contributed by atoms with Crippen molar-refractivity contribution in [2.24, 2.45) is 4.99 Å².